The zero-order chi connectivity index (χ0) is 12.3. The smallest absolute Gasteiger partial charge is 0.0929 e. The van der Waals surface area contributed by atoms with Gasteiger partial charge in [-0.15, -0.1) is 23.2 Å². The van der Waals surface area contributed by atoms with Gasteiger partial charge in [-0.2, -0.15) is 0 Å². The van der Waals surface area contributed by atoms with Gasteiger partial charge in [0.15, 0.2) is 0 Å². The van der Waals surface area contributed by atoms with Crippen LogP contribution in [0.4, 0.5) is 0 Å². The van der Waals surface area contributed by atoms with Gasteiger partial charge in [0.25, 0.3) is 0 Å². The Morgan fingerprint density at radius 2 is 1.93 bits per heavy atom. The highest BCUT2D eigenvalue weighted by molar-refractivity contribution is 9.12. The molecule has 0 aliphatic rings. The number of allylic oxidation sites excluding steroid dienone is 1. The summed E-state index contributed by atoms with van der Waals surface area (Å²) in [5.74, 6) is 0.277. The zero-order valence-electron chi connectivity index (χ0n) is 8.80. The fourth-order valence-electron chi connectivity index (χ4n) is 0.974. The van der Waals surface area contributed by atoms with Crippen LogP contribution in [0.5, 0.6) is 0 Å². The molecule has 0 amide bonds. The first kappa shape index (κ1) is 16.6. The molecule has 0 aliphatic heterocycles. The minimum atomic E-state index is -0.701. The zero-order valence-corrected chi connectivity index (χ0v) is 14.2. The van der Waals surface area contributed by atoms with E-state index >= 15 is 0 Å². The lowest BCUT2D eigenvalue weighted by Crippen LogP contribution is -2.30. The fraction of sp³-hybridized carbons (Fsp3) is 0.800. The van der Waals surface area contributed by atoms with E-state index < -0.39 is 4.87 Å². The second-order valence-electron chi connectivity index (χ2n) is 4.07. The predicted octanol–water partition coefficient (Wildman–Crippen LogP) is 5.67. The molecule has 5 heteroatoms. The summed E-state index contributed by atoms with van der Waals surface area (Å²) in [6.45, 7) is 7.85. The van der Waals surface area contributed by atoms with Crippen molar-refractivity contribution < 1.29 is 0 Å². The molecule has 0 N–H and O–H groups in total. The van der Waals surface area contributed by atoms with E-state index in [4.69, 9.17) is 34.8 Å². The van der Waals surface area contributed by atoms with Gasteiger partial charge in [0.05, 0.1) is 4.87 Å². The summed E-state index contributed by atoms with van der Waals surface area (Å²) in [6, 6.07) is 0. The molecule has 0 nitrogen and oxygen atoms in total. The van der Waals surface area contributed by atoms with Gasteiger partial charge in [0.1, 0.15) is 0 Å². The van der Waals surface area contributed by atoms with Crippen molar-refractivity contribution in [1.82, 2.24) is 0 Å². The van der Waals surface area contributed by atoms with E-state index in [0.29, 0.717) is 16.3 Å². The first-order valence-corrected chi connectivity index (χ1v) is 7.56. The minimum Gasteiger partial charge on any atom is -0.124 e. The largest absolute Gasteiger partial charge is 0.124 e. The van der Waals surface area contributed by atoms with Crippen molar-refractivity contribution in [2.24, 2.45) is 0 Å². The van der Waals surface area contributed by atoms with Gasteiger partial charge in [-0.1, -0.05) is 50.0 Å². The van der Waals surface area contributed by atoms with Gasteiger partial charge >= 0.3 is 0 Å². The van der Waals surface area contributed by atoms with Crippen molar-refractivity contribution in [3.8, 4) is 0 Å². The number of halogens is 5. The minimum absolute atomic E-state index is 0.0186. The molecule has 0 spiro atoms. The van der Waals surface area contributed by atoms with Crippen LogP contribution >= 0.6 is 66.7 Å². The molecule has 90 valence electrons. The molecule has 0 aromatic heterocycles. The molecule has 0 radical (unpaired) electrons. The molecule has 0 fully saturated rings. The second-order valence-corrected chi connectivity index (χ2v) is 8.67. The molecule has 2 unspecified atom stereocenters. The summed E-state index contributed by atoms with van der Waals surface area (Å²) in [6.07, 6.45) is 1.57. The Morgan fingerprint density at radius 3 is 2.20 bits per heavy atom. The highest BCUT2D eigenvalue weighted by atomic mass is 79.9. The molecule has 0 heterocycles. The summed E-state index contributed by atoms with van der Waals surface area (Å²) in [5, 5.41) is 0.409. The van der Waals surface area contributed by atoms with Gasteiger partial charge in [0, 0.05) is 20.1 Å². The van der Waals surface area contributed by atoms with E-state index in [1.807, 2.05) is 0 Å². The molecule has 0 aliphatic carbocycles. The van der Waals surface area contributed by atoms with Crippen molar-refractivity contribution in [1.29, 1.82) is 0 Å². The van der Waals surface area contributed by atoms with Crippen molar-refractivity contribution in [2.45, 2.75) is 40.7 Å². The van der Waals surface area contributed by atoms with Crippen LogP contribution in [0.2, 0.25) is 0 Å². The molecule has 0 saturated heterocycles. The average Bonchev–Trinajstić information content (AvgIpc) is 2.11. The summed E-state index contributed by atoms with van der Waals surface area (Å²) in [7, 11) is 0. The van der Waals surface area contributed by atoms with Crippen molar-refractivity contribution in [3.05, 3.63) is 11.6 Å². The van der Waals surface area contributed by atoms with E-state index in [1.165, 1.54) is 0 Å². The average molecular weight is 401 g/mol. The number of hydrogen-bond donors (Lipinski definition) is 0. The fourth-order valence-corrected chi connectivity index (χ4v) is 2.07. The number of rotatable bonds is 6. The summed E-state index contributed by atoms with van der Waals surface area (Å²) < 4.78 is 0.0186. The second kappa shape index (κ2) is 6.49. The molecule has 15 heavy (non-hydrogen) atoms. The Morgan fingerprint density at radius 1 is 1.47 bits per heavy atom. The van der Waals surface area contributed by atoms with Crippen LogP contribution in [-0.4, -0.2) is 19.9 Å². The first-order valence-electron chi connectivity index (χ1n) is 4.56. The van der Waals surface area contributed by atoms with Crippen LogP contribution in [0.1, 0.15) is 26.7 Å². The van der Waals surface area contributed by atoms with Gasteiger partial charge in [-0.3, -0.25) is 0 Å². The van der Waals surface area contributed by atoms with Crippen LogP contribution in [0.15, 0.2) is 11.6 Å². The summed E-state index contributed by atoms with van der Waals surface area (Å²) >= 11 is 25.1. The third-order valence-corrected chi connectivity index (χ3v) is 6.61. The Labute approximate surface area is 124 Å². The van der Waals surface area contributed by atoms with E-state index in [-0.39, 0.29) is 10.2 Å². The van der Waals surface area contributed by atoms with Crippen LogP contribution < -0.4 is 0 Å². The van der Waals surface area contributed by atoms with Crippen LogP contribution in [0.3, 0.4) is 0 Å². The van der Waals surface area contributed by atoms with Gasteiger partial charge in [-0.05, 0) is 26.7 Å². The third-order valence-electron chi connectivity index (χ3n) is 2.24. The van der Waals surface area contributed by atoms with E-state index in [9.17, 15) is 0 Å². The molecule has 0 saturated carbocycles. The normalized spacial score (nSPS) is 18.3. The van der Waals surface area contributed by atoms with Gasteiger partial charge < -0.3 is 0 Å². The standard InChI is InChI=1S/C10H15Br2Cl3/c1-7(14)10(15,6-13)5-4-8(11)9(2,3)12/h8H,1,4-6H2,2-3H3. The maximum absolute atomic E-state index is 6.25. The summed E-state index contributed by atoms with van der Waals surface area (Å²) in [5.41, 5.74) is 0. The quantitative estimate of drug-likeness (QED) is 0.503. The Bertz CT molecular complexity index is 225. The highest BCUT2D eigenvalue weighted by Crippen LogP contribution is 2.37. The number of alkyl halides is 4. The highest BCUT2D eigenvalue weighted by Gasteiger charge is 2.32. The lowest BCUT2D eigenvalue weighted by Gasteiger charge is -2.28. The maximum atomic E-state index is 6.25. The maximum Gasteiger partial charge on any atom is 0.0929 e. The molecule has 0 rings (SSSR count). The molecular weight excluding hydrogens is 386 g/mol. The van der Waals surface area contributed by atoms with Crippen molar-refractivity contribution in [3.63, 3.8) is 0 Å². The van der Waals surface area contributed by atoms with E-state index in [1.54, 1.807) is 0 Å². The SMILES string of the molecule is C=C(Cl)C(Cl)(CCl)CCC(Br)C(C)(C)Br. The van der Waals surface area contributed by atoms with Crippen LogP contribution in [0, 0.1) is 0 Å². The topological polar surface area (TPSA) is 0 Å². The molecule has 0 aromatic rings. The Kier molecular flexibility index (Phi) is 7.17. The lowest BCUT2D eigenvalue weighted by atomic mass is 9.98. The van der Waals surface area contributed by atoms with E-state index in [2.05, 4.69) is 52.3 Å². The van der Waals surface area contributed by atoms with Crippen LogP contribution in [-0.2, 0) is 0 Å². The summed E-state index contributed by atoms with van der Waals surface area (Å²) in [4.78, 5) is -0.393. The van der Waals surface area contributed by atoms with Crippen molar-refractivity contribution >= 4 is 66.7 Å². The molecular formula is C10H15Br2Cl3. The molecule has 0 aromatic carbocycles. The third kappa shape index (κ3) is 5.63. The lowest BCUT2D eigenvalue weighted by molar-refractivity contribution is 0.569. The first-order chi connectivity index (χ1) is 6.63. The number of hydrogen-bond acceptors (Lipinski definition) is 0. The van der Waals surface area contributed by atoms with Gasteiger partial charge in [-0.25, -0.2) is 0 Å². The van der Waals surface area contributed by atoms with Crippen molar-refractivity contribution in [2.75, 3.05) is 5.88 Å². The Hall–Kier alpha value is 1.57. The monoisotopic (exact) mass is 398 g/mol. The van der Waals surface area contributed by atoms with E-state index in [0.717, 1.165) is 6.42 Å². The Balaban J connectivity index is 4.31. The molecule has 2 atom stereocenters. The molecule has 0 bridgehead atoms. The van der Waals surface area contributed by atoms with Crippen LogP contribution in [0.25, 0.3) is 0 Å². The van der Waals surface area contributed by atoms with Gasteiger partial charge in [0.2, 0.25) is 0 Å². The predicted molar refractivity (Wildman–Crippen MR) is 79.3 cm³/mol.